The molecule has 0 saturated heterocycles. The zero-order valence-corrected chi connectivity index (χ0v) is 31.7. The van der Waals surface area contributed by atoms with Crippen molar-refractivity contribution >= 4 is 29.3 Å². The van der Waals surface area contributed by atoms with E-state index in [1.54, 1.807) is 60.7 Å². The normalized spacial score (nSPS) is 17.9. The van der Waals surface area contributed by atoms with Crippen LogP contribution in [0.3, 0.4) is 0 Å². The Morgan fingerprint density at radius 3 is 1.61 bits per heavy atom. The van der Waals surface area contributed by atoms with Crippen molar-refractivity contribution in [1.82, 2.24) is 4.90 Å². The fourth-order valence-corrected chi connectivity index (χ4v) is 8.59. The van der Waals surface area contributed by atoms with Gasteiger partial charge in [0.05, 0.1) is 27.9 Å². The molecule has 56 heavy (non-hydrogen) atoms. The number of hydrogen-bond donors (Lipinski definition) is 0. The molecule has 6 aromatic carbocycles. The summed E-state index contributed by atoms with van der Waals surface area (Å²) in [7, 11) is 1.45. The lowest BCUT2D eigenvalue weighted by Crippen LogP contribution is -2.29. The Hall–Kier alpha value is -6.80. The van der Waals surface area contributed by atoms with Gasteiger partial charge >= 0.3 is 0 Å². The highest BCUT2D eigenvalue weighted by Gasteiger charge is 2.46. The zero-order valence-electron chi connectivity index (χ0n) is 31.7. The van der Waals surface area contributed by atoms with Crippen LogP contribution in [0.25, 0.3) is 11.1 Å². The minimum absolute atomic E-state index is 0.0189. The molecule has 1 atom stereocenters. The molecule has 8 nitrogen and oxygen atoms in total. The van der Waals surface area contributed by atoms with E-state index in [1.807, 2.05) is 36.4 Å². The number of ether oxygens (including phenoxy) is 2. The number of carbonyl (C=O) groups is 4. The highest BCUT2D eigenvalue weighted by molar-refractivity contribution is 6.34. The molecule has 2 heterocycles. The molecule has 1 aliphatic carbocycles. The van der Waals surface area contributed by atoms with Gasteiger partial charge in [-0.2, -0.15) is 0 Å². The number of carbonyl (C=O) groups excluding carboxylic acids is 4. The first-order valence-corrected chi connectivity index (χ1v) is 18.6. The average molecular weight is 739 g/mol. The Bertz CT molecular complexity index is 2640. The highest BCUT2D eigenvalue weighted by atomic mass is 16.5. The van der Waals surface area contributed by atoms with Crippen LogP contribution in [0.4, 0.5) is 5.69 Å². The number of anilines is 1. The first-order chi connectivity index (χ1) is 26.8. The van der Waals surface area contributed by atoms with Crippen LogP contribution in [0.1, 0.15) is 90.9 Å². The minimum atomic E-state index is -0.442. The van der Waals surface area contributed by atoms with E-state index in [9.17, 15) is 19.2 Å². The lowest BCUT2D eigenvalue weighted by molar-refractivity contribution is 0.0692. The van der Waals surface area contributed by atoms with Crippen LogP contribution in [0.2, 0.25) is 0 Å². The van der Waals surface area contributed by atoms with Gasteiger partial charge in [0.1, 0.15) is 23.0 Å². The van der Waals surface area contributed by atoms with Crippen LogP contribution in [0.15, 0.2) is 127 Å². The lowest BCUT2D eigenvalue weighted by Gasteiger charge is -2.28. The van der Waals surface area contributed by atoms with Gasteiger partial charge in [0.2, 0.25) is 0 Å². The Labute approximate surface area is 324 Å². The standard InChI is InChI=1S/C48H38N2O6/c1-28-6-14-33(15-7-28)56-36-20-23-41-42(26-36)48(4,27-47(41,2)3)31-10-16-34(17-11-31)55-35-18-12-32(13-19-35)50-45(53)38-22-9-30(25-40(38)46(50)54)29-8-21-37-39(24-29)44(52)49(5)43(37)51/h6-26H,27H2,1-5H3. The summed E-state index contributed by atoms with van der Waals surface area (Å²) >= 11 is 0. The van der Waals surface area contributed by atoms with Crippen molar-refractivity contribution in [2.24, 2.45) is 0 Å². The lowest BCUT2D eigenvalue weighted by atomic mass is 9.75. The zero-order chi connectivity index (χ0) is 39.1. The van der Waals surface area contributed by atoms with E-state index < -0.39 is 11.8 Å². The van der Waals surface area contributed by atoms with E-state index in [0.717, 1.165) is 27.7 Å². The number of rotatable bonds is 7. The Morgan fingerprint density at radius 1 is 0.500 bits per heavy atom. The Balaban J connectivity index is 0.909. The second kappa shape index (κ2) is 12.6. The third-order valence-corrected chi connectivity index (χ3v) is 11.5. The predicted octanol–water partition coefficient (Wildman–Crippen LogP) is 10.3. The van der Waals surface area contributed by atoms with Crippen molar-refractivity contribution in [2.45, 2.75) is 44.9 Å². The first kappa shape index (κ1) is 34.9. The van der Waals surface area contributed by atoms with Gasteiger partial charge in [-0.05, 0) is 132 Å². The fourth-order valence-electron chi connectivity index (χ4n) is 8.59. The quantitative estimate of drug-likeness (QED) is 0.151. The molecule has 4 amide bonds. The molecule has 2 aliphatic heterocycles. The molecule has 0 saturated carbocycles. The molecular weight excluding hydrogens is 701 g/mol. The number of nitrogens with zero attached hydrogens (tertiary/aromatic N) is 2. The van der Waals surface area contributed by atoms with Gasteiger partial charge in [0.15, 0.2) is 0 Å². The minimum Gasteiger partial charge on any atom is -0.457 e. The molecule has 8 heteroatoms. The number of imide groups is 2. The molecule has 3 aliphatic rings. The SMILES string of the molecule is Cc1ccc(Oc2ccc3c(c2)C(C)(c2ccc(Oc4ccc(N5C(=O)c6ccc(-c7ccc8c(c7)C(=O)N(C)C8=O)cc6C5=O)cc4)cc2)CC3(C)C)cc1. The summed E-state index contributed by atoms with van der Waals surface area (Å²) in [5, 5.41) is 0. The van der Waals surface area contributed by atoms with Crippen LogP contribution in [-0.4, -0.2) is 35.6 Å². The molecule has 0 radical (unpaired) electrons. The largest absolute Gasteiger partial charge is 0.457 e. The van der Waals surface area contributed by atoms with Gasteiger partial charge < -0.3 is 9.47 Å². The summed E-state index contributed by atoms with van der Waals surface area (Å²) in [6, 6.07) is 39.6. The van der Waals surface area contributed by atoms with Crippen molar-refractivity contribution in [2.75, 3.05) is 11.9 Å². The molecule has 0 spiro atoms. The summed E-state index contributed by atoms with van der Waals surface area (Å²) in [6.45, 7) is 8.94. The van der Waals surface area contributed by atoms with E-state index in [0.29, 0.717) is 45.0 Å². The van der Waals surface area contributed by atoms with Gasteiger partial charge in [-0.25, -0.2) is 4.90 Å². The highest BCUT2D eigenvalue weighted by Crippen LogP contribution is 2.54. The van der Waals surface area contributed by atoms with Crippen LogP contribution in [-0.2, 0) is 10.8 Å². The number of hydrogen-bond acceptors (Lipinski definition) is 6. The molecule has 9 rings (SSSR count). The molecule has 1 unspecified atom stereocenters. The van der Waals surface area contributed by atoms with Gasteiger partial charge in [-0.3, -0.25) is 24.1 Å². The molecule has 0 bridgehead atoms. The van der Waals surface area contributed by atoms with Gasteiger partial charge in [-0.1, -0.05) is 68.8 Å². The maximum Gasteiger partial charge on any atom is 0.266 e. The van der Waals surface area contributed by atoms with Crippen molar-refractivity contribution in [3.8, 4) is 34.1 Å². The van der Waals surface area contributed by atoms with Gasteiger partial charge in [0, 0.05) is 12.5 Å². The smallest absolute Gasteiger partial charge is 0.266 e. The number of aryl methyl sites for hydroxylation is 1. The van der Waals surface area contributed by atoms with Crippen LogP contribution >= 0.6 is 0 Å². The van der Waals surface area contributed by atoms with Gasteiger partial charge in [-0.15, -0.1) is 0 Å². The van der Waals surface area contributed by atoms with E-state index in [4.69, 9.17) is 9.47 Å². The monoisotopic (exact) mass is 738 g/mol. The molecule has 0 N–H and O–H groups in total. The van der Waals surface area contributed by atoms with E-state index in [2.05, 4.69) is 58.0 Å². The summed E-state index contributed by atoms with van der Waals surface area (Å²) in [5.74, 6) is 1.26. The van der Waals surface area contributed by atoms with Crippen molar-refractivity contribution in [3.63, 3.8) is 0 Å². The van der Waals surface area contributed by atoms with E-state index >= 15 is 0 Å². The van der Waals surface area contributed by atoms with E-state index in [1.165, 1.54) is 29.3 Å². The maximum atomic E-state index is 13.6. The fraction of sp³-hybridized carbons (Fsp3) is 0.167. The molecule has 6 aromatic rings. The average Bonchev–Trinajstić information content (AvgIpc) is 3.67. The van der Waals surface area contributed by atoms with Gasteiger partial charge in [0.25, 0.3) is 23.6 Å². The van der Waals surface area contributed by atoms with Crippen molar-refractivity contribution < 1.29 is 28.7 Å². The second-order valence-electron chi connectivity index (χ2n) is 15.8. The summed E-state index contributed by atoms with van der Waals surface area (Å²) in [5.41, 5.74) is 7.65. The number of amides is 4. The van der Waals surface area contributed by atoms with Crippen molar-refractivity contribution in [1.29, 1.82) is 0 Å². The summed E-state index contributed by atoms with van der Waals surface area (Å²) in [4.78, 5) is 54.3. The Morgan fingerprint density at radius 2 is 0.982 bits per heavy atom. The third kappa shape index (κ3) is 5.59. The summed E-state index contributed by atoms with van der Waals surface area (Å²) < 4.78 is 12.5. The van der Waals surface area contributed by atoms with Crippen LogP contribution in [0.5, 0.6) is 23.0 Å². The molecule has 0 aromatic heterocycles. The molecule has 276 valence electrons. The second-order valence-corrected chi connectivity index (χ2v) is 15.8. The van der Waals surface area contributed by atoms with Crippen LogP contribution < -0.4 is 14.4 Å². The summed E-state index contributed by atoms with van der Waals surface area (Å²) in [6.07, 6.45) is 0.944. The van der Waals surface area contributed by atoms with Crippen molar-refractivity contribution in [3.05, 3.63) is 172 Å². The van der Waals surface area contributed by atoms with E-state index in [-0.39, 0.29) is 28.2 Å². The topological polar surface area (TPSA) is 93.2 Å². The number of benzene rings is 6. The van der Waals surface area contributed by atoms with Crippen LogP contribution in [0, 0.1) is 6.92 Å². The maximum absolute atomic E-state index is 13.6. The Kier molecular flexibility index (Phi) is 7.88. The third-order valence-electron chi connectivity index (χ3n) is 11.5. The number of fused-ring (bicyclic) bond motifs is 3. The molecular formula is C48H38N2O6. The molecule has 0 fully saturated rings. The predicted molar refractivity (Wildman–Crippen MR) is 214 cm³/mol. The first-order valence-electron chi connectivity index (χ1n) is 18.6.